The number of nitrogen functional groups attached to an aromatic ring is 1. The van der Waals surface area contributed by atoms with Crippen LogP contribution in [-0.2, 0) is 0 Å². The van der Waals surface area contributed by atoms with E-state index >= 15 is 0 Å². The Balaban J connectivity index is 1.69. The Hall–Kier alpha value is -1.63. The summed E-state index contributed by atoms with van der Waals surface area (Å²) in [5, 5.41) is 6.53. The summed E-state index contributed by atoms with van der Waals surface area (Å²) in [7, 11) is 1.98. The molecular weight excluding hydrogens is 242 g/mol. The van der Waals surface area contributed by atoms with E-state index in [0.717, 1.165) is 32.0 Å². The van der Waals surface area contributed by atoms with Gasteiger partial charge >= 0.3 is 0 Å². The number of aromatic nitrogens is 3. The quantitative estimate of drug-likeness (QED) is 0.692. The van der Waals surface area contributed by atoms with Crippen molar-refractivity contribution in [2.45, 2.75) is 25.3 Å². The average Bonchev–Trinajstić information content (AvgIpc) is 3.11. The monoisotopic (exact) mass is 263 g/mol. The van der Waals surface area contributed by atoms with Gasteiger partial charge in [0.25, 0.3) is 0 Å². The molecule has 1 aromatic heterocycles. The second kappa shape index (κ2) is 5.16. The minimum Gasteiger partial charge on any atom is -0.368 e. The number of rotatable bonds is 5. The van der Waals surface area contributed by atoms with Gasteiger partial charge in [-0.05, 0) is 32.2 Å². The van der Waals surface area contributed by atoms with Gasteiger partial charge < -0.3 is 21.3 Å². The lowest BCUT2D eigenvalue weighted by Crippen LogP contribution is -2.30. The molecule has 0 spiro atoms. The third kappa shape index (κ3) is 3.04. The highest BCUT2D eigenvalue weighted by Crippen LogP contribution is 2.28. The van der Waals surface area contributed by atoms with Gasteiger partial charge in [-0.1, -0.05) is 0 Å². The van der Waals surface area contributed by atoms with E-state index in [1.165, 1.54) is 12.8 Å². The van der Waals surface area contributed by atoms with Crippen molar-refractivity contribution in [3.05, 3.63) is 0 Å². The average molecular weight is 263 g/mol. The first-order valence-electron chi connectivity index (χ1n) is 6.92. The molecule has 0 unspecified atom stereocenters. The van der Waals surface area contributed by atoms with Gasteiger partial charge in [0.05, 0.1) is 0 Å². The Labute approximate surface area is 113 Å². The number of anilines is 3. The molecule has 4 N–H and O–H groups in total. The fourth-order valence-electron chi connectivity index (χ4n) is 2.34. The van der Waals surface area contributed by atoms with Crippen molar-refractivity contribution >= 4 is 17.8 Å². The summed E-state index contributed by atoms with van der Waals surface area (Å²) in [5.74, 6) is 2.35. The molecule has 0 bridgehead atoms. The molecule has 7 heteroatoms. The smallest absolute Gasteiger partial charge is 0.232 e. The van der Waals surface area contributed by atoms with E-state index in [1.807, 2.05) is 7.05 Å². The van der Waals surface area contributed by atoms with Gasteiger partial charge in [-0.3, -0.25) is 0 Å². The maximum atomic E-state index is 5.77. The fourth-order valence-corrected chi connectivity index (χ4v) is 2.34. The number of hydrogen-bond donors (Lipinski definition) is 3. The van der Waals surface area contributed by atoms with Crippen LogP contribution in [-0.4, -0.2) is 47.7 Å². The molecule has 2 aliphatic rings. The first-order chi connectivity index (χ1) is 9.24. The molecule has 3 rings (SSSR count). The molecule has 0 radical (unpaired) electrons. The molecule has 1 saturated heterocycles. The van der Waals surface area contributed by atoms with Gasteiger partial charge in [-0.2, -0.15) is 15.0 Å². The zero-order valence-corrected chi connectivity index (χ0v) is 11.3. The molecule has 19 heavy (non-hydrogen) atoms. The Morgan fingerprint density at radius 2 is 2.11 bits per heavy atom. The molecule has 1 aliphatic heterocycles. The lowest BCUT2D eigenvalue weighted by Gasteiger charge is -2.17. The summed E-state index contributed by atoms with van der Waals surface area (Å²) in [5.41, 5.74) is 5.77. The van der Waals surface area contributed by atoms with Crippen LogP contribution in [0.3, 0.4) is 0 Å². The van der Waals surface area contributed by atoms with E-state index in [1.54, 1.807) is 0 Å². The van der Waals surface area contributed by atoms with E-state index in [4.69, 9.17) is 5.73 Å². The van der Waals surface area contributed by atoms with Crippen molar-refractivity contribution in [3.63, 3.8) is 0 Å². The molecule has 7 nitrogen and oxygen atoms in total. The van der Waals surface area contributed by atoms with E-state index < -0.39 is 0 Å². The fraction of sp³-hybridized carbons (Fsp3) is 0.750. The van der Waals surface area contributed by atoms with Crippen LogP contribution in [0.15, 0.2) is 0 Å². The van der Waals surface area contributed by atoms with Crippen LogP contribution in [0.25, 0.3) is 0 Å². The first-order valence-corrected chi connectivity index (χ1v) is 6.92. The van der Waals surface area contributed by atoms with Crippen LogP contribution < -0.4 is 21.3 Å². The lowest BCUT2D eigenvalue weighted by molar-refractivity contribution is 0.616. The number of likely N-dealkylation sites (N-methyl/N-ethyl adjacent to an activating group) is 1. The summed E-state index contributed by atoms with van der Waals surface area (Å²) in [6.07, 6.45) is 3.71. The molecule has 1 aliphatic carbocycles. The summed E-state index contributed by atoms with van der Waals surface area (Å²) >= 11 is 0. The van der Waals surface area contributed by atoms with E-state index in [2.05, 4.69) is 30.5 Å². The third-order valence-electron chi connectivity index (χ3n) is 3.77. The van der Waals surface area contributed by atoms with Crippen LogP contribution in [0.2, 0.25) is 0 Å². The minimum atomic E-state index is 0.288. The minimum absolute atomic E-state index is 0.288. The second-order valence-corrected chi connectivity index (χ2v) is 5.36. The highest BCUT2D eigenvalue weighted by molar-refractivity contribution is 5.43. The Morgan fingerprint density at radius 1 is 1.26 bits per heavy atom. The number of nitrogens with one attached hydrogen (secondary N) is 2. The number of nitrogens with zero attached hydrogens (tertiary/aromatic N) is 4. The zero-order valence-electron chi connectivity index (χ0n) is 11.3. The van der Waals surface area contributed by atoms with Crippen molar-refractivity contribution in [1.29, 1.82) is 0 Å². The van der Waals surface area contributed by atoms with Gasteiger partial charge in [-0.25, -0.2) is 0 Å². The van der Waals surface area contributed by atoms with E-state index in [-0.39, 0.29) is 5.95 Å². The lowest BCUT2D eigenvalue weighted by atomic mass is 10.3. The molecule has 104 valence electrons. The SMILES string of the molecule is CN[C@@H]1CCN(c2nc(N)nc(NCC3CC3)n2)C1. The van der Waals surface area contributed by atoms with Gasteiger partial charge in [-0.15, -0.1) is 0 Å². The van der Waals surface area contributed by atoms with Crippen molar-refractivity contribution in [3.8, 4) is 0 Å². The van der Waals surface area contributed by atoms with Gasteiger partial charge in [0.1, 0.15) is 0 Å². The summed E-state index contributed by atoms with van der Waals surface area (Å²) < 4.78 is 0. The van der Waals surface area contributed by atoms with E-state index in [9.17, 15) is 0 Å². The Kier molecular flexibility index (Phi) is 3.37. The molecule has 0 amide bonds. The predicted molar refractivity (Wildman–Crippen MR) is 75.1 cm³/mol. The molecule has 1 saturated carbocycles. The van der Waals surface area contributed by atoms with Gasteiger partial charge in [0, 0.05) is 25.7 Å². The summed E-state index contributed by atoms with van der Waals surface area (Å²) in [6, 6.07) is 0.501. The summed E-state index contributed by atoms with van der Waals surface area (Å²) in [4.78, 5) is 15.0. The highest BCUT2D eigenvalue weighted by Gasteiger charge is 2.24. The maximum Gasteiger partial charge on any atom is 0.232 e. The third-order valence-corrected chi connectivity index (χ3v) is 3.77. The van der Waals surface area contributed by atoms with Crippen LogP contribution in [0.4, 0.5) is 17.8 Å². The van der Waals surface area contributed by atoms with Crippen molar-refractivity contribution in [2.75, 3.05) is 42.6 Å². The number of hydrogen-bond acceptors (Lipinski definition) is 7. The molecule has 1 aromatic rings. The van der Waals surface area contributed by atoms with Crippen LogP contribution in [0.5, 0.6) is 0 Å². The highest BCUT2D eigenvalue weighted by atomic mass is 15.3. The van der Waals surface area contributed by atoms with Gasteiger partial charge in [0.15, 0.2) is 0 Å². The van der Waals surface area contributed by atoms with Crippen LogP contribution >= 0.6 is 0 Å². The second-order valence-electron chi connectivity index (χ2n) is 5.36. The molecule has 1 atom stereocenters. The number of nitrogens with two attached hydrogens (primary N) is 1. The van der Waals surface area contributed by atoms with Crippen LogP contribution in [0, 0.1) is 5.92 Å². The molecule has 2 fully saturated rings. The maximum absolute atomic E-state index is 5.77. The normalized spacial score (nSPS) is 22.8. The molecule has 2 heterocycles. The van der Waals surface area contributed by atoms with Crippen LogP contribution in [0.1, 0.15) is 19.3 Å². The Bertz CT molecular complexity index is 446. The topological polar surface area (TPSA) is 92.0 Å². The first kappa shape index (κ1) is 12.4. The zero-order chi connectivity index (χ0) is 13.2. The standard InChI is InChI=1S/C12H21N7/c1-14-9-4-5-19(7-9)12-17-10(13)16-11(18-12)15-6-8-2-3-8/h8-9,14H,2-7H2,1H3,(H3,13,15,16,17,18)/t9-/m1/s1. The van der Waals surface area contributed by atoms with E-state index in [0.29, 0.717) is 17.9 Å². The van der Waals surface area contributed by atoms with Gasteiger partial charge in [0.2, 0.25) is 17.8 Å². The largest absolute Gasteiger partial charge is 0.368 e. The van der Waals surface area contributed by atoms with Crippen molar-refractivity contribution < 1.29 is 0 Å². The summed E-state index contributed by atoms with van der Waals surface area (Å²) in [6.45, 7) is 2.81. The molecular formula is C12H21N7. The predicted octanol–water partition coefficient (Wildman–Crippen LogP) is 0.0738. The Morgan fingerprint density at radius 3 is 2.79 bits per heavy atom. The molecule has 0 aromatic carbocycles. The van der Waals surface area contributed by atoms with Crippen molar-refractivity contribution in [2.24, 2.45) is 5.92 Å². The van der Waals surface area contributed by atoms with Crippen molar-refractivity contribution in [1.82, 2.24) is 20.3 Å².